The summed E-state index contributed by atoms with van der Waals surface area (Å²) in [6, 6.07) is 21.3. The summed E-state index contributed by atoms with van der Waals surface area (Å²) in [6.45, 7) is 0. The maximum absolute atomic E-state index is 7.90. The van der Waals surface area contributed by atoms with Crippen LogP contribution in [0.25, 0.3) is 54.0 Å². The minimum Gasteiger partial charge on any atom is -0.243 e. The molecule has 1 aromatic heterocycles. The van der Waals surface area contributed by atoms with Gasteiger partial charge in [-0.25, -0.2) is 4.68 Å². The van der Waals surface area contributed by atoms with E-state index in [1.54, 1.807) is 12.8 Å². The van der Waals surface area contributed by atoms with Crippen molar-refractivity contribution in [2.75, 3.05) is 0 Å². The average molecular weight is 494 g/mol. The molecule has 4 aromatic carbocycles. The van der Waals surface area contributed by atoms with Crippen LogP contribution in [0.1, 0.15) is 0 Å². The molecule has 2 saturated carbocycles. The third-order valence-electron chi connectivity index (χ3n) is 6.01. The van der Waals surface area contributed by atoms with Gasteiger partial charge in [0.15, 0.2) is 0 Å². The van der Waals surface area contributed by atoms with Gasteiger partial charge in [-0.15, -0.1) is 5.10 Å². The zero-order chi connectivity index (χ0) is 22.9. The van der Waals surface area contributed by atoms with Crippen molar-refractivity contribution >= 4 is 32.3 Å². The quantitative estimate of drug-likeness (QED) is 0.0919. The van der Waals surface area contributed by atoms with E-state index in [4.69, 9.17) is 5.53 Å². The fraction of sp³-hybridized carbons (Fsp3) is 0. The van der Waals surface area contributed by atoms with Gasteiger partial charge in [-0.3, -0.25) is 0 Å². The van der Waals surface area contributed by atoms with Crippen LogP contribution in [0.3, 0.4) is 0 Å². The van der Waals surface area contributed by atoms with Crippen LogP contribution in [0.15, 0.2) is 65.9 Å². The van der Waals surface area contributed by atoms with Crippen molar-refractivity contribution in [1.29, 1.82) is 0 Å². The normalized spacial score (nSPS) is 16.3. The van der Waals surface area contributed by atoms with Gasteiger partial charge in [-0.2, -0.15) is 0 Å². The number of benzene rings is 4. The molecule has 0 N–H and O–H groups in total. The minimum absolute atomic E-state index is 0. The van der Waals surface area contributed by atoms with Crippen LogP contribution >= 0.6 is 0 Å². The molecule has 0 unspecified atom stereocenters. The second kappa shape index (κ2) is 10.2. The second-order valence-corrected chi connectivity index (χ2v) is 7.99. The fourth-order valence-electron chi connectivity index (χ4n) is 4.47. The summed E-state index contributed by atoms with van der Waals surface area (Å²) < 4.78 is 1.83. The first kappa shape index (κ1) is 23.6. The molecule has 0 saturated heterocycles. The largest absolute Gasteiger partial charge is 2.00 e. The Morgan fingerprint density at radius 3 is 2.09 bits per heavy atom. The Labute approximate surface area is 215 Å². The molecule has 166 valence electrons. The smallest absolute Gasteiger partial charge is 0.243 e. The monoisotopic (exact) mass is 494 g/mol. The van der Waals surface area contributed by atoms with Gasteiger partial charge in [0.05, 0.1) is 18.3 Å². The first-order chi connectivity index (χ1) is 16.8. The van der Waals surface area contributed by atoms with Gasteiger partial charge in [0.2, 0.25) is 0 Å². The molecule has 0 atom stereocenters. The number of rotatable bonds is 3. The Morgan fingerprint density at radius 1 is 0.743 bits per heavy atom. The maximum atomic E-state index is 7.90. The van der Waals surface area contributed by atoms with Crippen molar-refractivity contribution in [1.82, 2.24) is 15.0 Å². The van der Waals surface area contributed by atoms with Gasteiger partial charge in [0, 0.05) is 10.5 Å². The van der Waals surface area contributed by atoms with E-state index in [1.807, 2.05) is 49.4 Å². The molecule has 10 radical (unpaired) electrons. The van der Waals surface area contributed by atoms with Crippen molar-refractivity contribution in [3.63, 3.8) is 0 Å². The fourth-order valence-corrected chi connectivity index (χ4v) is 4.47. The van der Waals surface area contributed by atoms with Gasteiger partial charge in [0.1, 0.15) is 5.69 Å². The summed E-state index contributed by atoms with van der Waals surface area (Å²) >= 11 is 0. The molecule has 0 spiro atoms. The second-order valence-electron chi connectivity index (χ2n) is 7.99. The van der Waals surface area contributed by atoms with Crippen LogP contribution in [0.4, 0.5) is 0 Å². The summed E-state index contributed by atoms with van der Waals surface area (Å²) in [5.74, 6) is 0. The third-order valence-corrected chi connectivity index (χ3v) is 6.01. The molecule has 0 amide bonds. The van der Waals surface area contributed by atoms with Crippen molar-refractivity contribution in [2.24, 2.45) is 5.11 Å². The number of azide groups is 1. The van der Waals surface area contributed by atoms with Crippen molar-refractivity contribution in [3.8, 4) is 11.3 Å². The predicted molar refractivity (Wildman–Crippen MR) is 135 cm³/mol. The Bertz CT molecular complexity index is 1470. The number of aromatic nitrogens is 3. The molecule has 5 aromatic rings. The van der Waals surface area contributed by atoms with E-state index in [-0.39, 0.29) is 17.1 Å². The van der Waals surface area contributed by atoms with E-state index >= 15 is 0 Å². The molecule has 0 bridgehead atoms. The van der Waals surface area contributed by atoms with Crippen LogP contribution in [0, 0.1) is 63.5 Å². The van der Waals surface area contributed by atoms with E-state index in [0.717, 1.165) is 17.3 Å². The zero-order valence-electron chi connectivity index (χ0n) is 18.4. The van der Waals surface area contributed by atoms with Crippen LogP contribution in [0.2, 0.25) is 0 Å². The summed E-state index contributed by atoms with van der Waals surface area (Å²) in [4.78, 5) is 2.60. The molecule has 35 heavy (non-hydrogen) atoms. The summed E-state index contributed by atoms with van der Waals surface area (Å²) in [5.41, 5.74) is 9.91. The van der Waals surface area contributed by atoms with E-state index < -0.39 is 0 Å². The molecule has 2 aliphatic rings. The average Bonchev–Trinajstić information content (AvgIpc) is 3.66. The van der Waals surface area contributed by atoms with E-state index in [9.17, 15) is 0 Å². The Hall–Kier alpha value is -3.11. The van der Waals surface area contributed by atoms with Gasteiger partial charge in [0.25, 0.3) is 0 Å². The Morgan fingerprint density at radius 2 is 1.37 bits per heavy atom. The Balaban J connectivity index is 0.000000243. The molecule has 6 nitrogen and oxygen atoms in total. The van der Waals surface area contributed by atoms with Crippen molar-refractivity contribution in [3.05, 3.63) is 135 Å². The number of hydrogen-bond donors (Lipinski definition) is 0. The topological polar surface area (TPSA) is 79.5 Å². The van der Waals surface area contributed by atoms with E-state index in [1.165, 1.54) is 32.3 Å². The summed E-state index contributed by atoms with van der Waals surface area (Å²) in [5, 5.41) is 19.8. The molecular formula is C28H18FeN6+2. The van der Waals surface area contributed by atoms with Crippen molar-refractivity contribution < 1.29 is 17.1 Å². The molecular weight excluding hydrogens is 476 g/mol. The first-order valence-corrected chi connectivity index (χ1v) is 10.9. The number of nitrogens with zero attached hydrogens (tertiary/aromatic N) is 6. The maximum Gasteiger partial charge on any atom is 2.00 e. The minimum atomic E-state index is 0. The van der Waals surface area contributed by atoms with Gasteiger partial charge >= 0.3 is 17.1 Å². The number of hydrogen-bond acceptors (Lipinski definition) is 3. The predicted octanol–water partition coefficient (Wildman–Crippen LogP) is 6.71. The molecule has 0 aliphatic heterocycles. The standard InChI is InChI=1S/C23H14N3.C5H4N3.Fe/c1-2-7-18(6-1)26-14-21(24-25-26)19-12-10-17-9-8-15-4-3-5-16-11-13-20(19)23(17)22(15)16;6-8-7-5-3-1-2-4-5;/h1-14H;1-4H;/q;;+2. The van der Waals surface area contributed by atoms with Gasteiger partial charge in [-0.1, -0.05) is 64.9 Å². The third kappa shape index (κ3) is 4.48. The van der Waals surface area contributed by atoms with E-state index in [2.05, 4.69) is 74.9 Å². The molecule has 7 rings (SSSR count). The summed E-state index contributed by atoms with van der Waals surface area (Å²) in [6.07, 6.45) is 17.2. The molecule has 2 aliphatic carbocycles. The molecule has 2 fully saturated rings. The SMILES string of the molecule is [CH]1[CH][CH][C](n2cc(-c3ccc4ccc5cccc6ccc3c4c56)nn2)[CH]1.[Fe+2].[N-]=[N+]=N[C]1[CH][CH][CH][CH]1. The van der Waals surface area contributed by atoms with Gasteiger partial charge < -0.3 is 0 Å². The van der Waals surface area contributed by atoms with Crippen molar-refractivity contribution in [2.45, 2.75) is 0 Å². The Kier molecular flexibility index (Phi) is 6.92. The van der Waals surface area contributed by atoms with Gasteiger partial charge in [-0.05, 0) is 89.2 Å². The van der Waals surface area contributed by atoms with Crippen LogP contribution < -0.4 is 0 Å². The first-order valence-electron chi connectivity index (χ1n) is 10.9. The van der Waals surface area contributed by atoms with E-state index in [0.29, 0.717) is 6.04 Å². The molecule has 1 heterocycles. The zero-order valence-corrected chi connectivity index (χ0v) is 19.5. The van der Waals surface area contributed by atoms with Crippen LogP contribution in [-0.4, -0.2) is 15.0 Å². The van der Waals surface area contributed by atoms with Crippen LogP contribution in [0.5, 0.6) is 0 Å². The van der Waals surface area contributed by atoms with Crippen LogP contribution in [-0.2, 0) is 17.1 Å². The molecule has 7 heteroatoms. The summed E-state index contributed by atoms with van der Waals surface area (Å²) in [7, 11) is 0.